The molecule has 0 aliphatic heterocycles. The second-order valence-electron chi connectivity index (χ2n) is 9.58. The first-order valence-corrected chi connectivity index (χ1v) is 14.0. The molecule has 0 radical (unpaired) electrons. The summed E-state index contributed by atoms with van der Waals surface area (Å²) in [5.74, 6) is -0.188. The second kappa shape index (κ2) is 17.9. The molecule has 0 heterocycles. The molecule has 2 unspecified atom stereocenters. The summed E-state index contributed by atoms with van der Waals surface area (Å²) in [6, 6.07) is 11.8. The van der Waals surface area contributed by atoms with E-state index in [0.717, 1.165) is 5.56 Å². The van der Waals surface area contributed by atoms with E-state index >= 15 is 0 Å². The summed E-state index contributed by atoms with van der Waals surface area (Å²) >= 11 is 6.92. The molecule has 0 aliphatic rings. The van der Waals surface area contributed by atoms with Crippen LogP contribution in [0, 0.1) is 16.7 Å². The molecule has 1 aromatic carbocycles. The average Bonchev–Trinajstić information content (AvgIpc) is 2.89. The molecule has 11 heteroatoms. The number of nitrogens with one attached hydrogen (secondary N) is 1. The molecule has 0 spiro atoms. The van der Waals surface area contributed by atoms with Gasteiger partial charge in [0.05, 0.1) is 20.4 Å². The Morgan fingerprint density at radius 2 is 1.84 bits per heavy atom. The number of ketones is 1. The number of aliphatic hydroxyl groups is 1. The number of amides is 1. The number of hydrogen-bond donors (Lipinski definition) is 4. The summed E-state index contributed by atoms with van der Waals surface area (Å²) in [6.45, 7) is 5.33. The third-order valence-electron chi connectivity index (χ3n) is 5.87. The van der Waals surface area contributed by atoms with Crippen LogP contribution in [0.2, 0.25) is 0 Å². The molecule has 0 saturated heterocycles. The van der Waals surface area contributed by atoms with Crippen molar-refractivity contribution >= 4 is 45.8 Å². The van der Waals surface area contributed by atoms with E-state index in [-0.39, 0.29) is 37.1 Å². The Labute approximate surface area is 235 Å². The number of nitrogens with two attached hydrogens (primary N) is 2. The molecule has 210 valence electrons. The number of guanidine groups is 1. The van der Waals surface area contributed by atoms with Crippen molar-refractivity contribution in [3.05, 3.63) is 35.9 Å². The first-order chi connectivity index (χ1) is 18.0. The van der Waals surface area contributed by atoms with Crippen molar-refractivity contribution in [2.45, 2.75) is 63.5 Å². The standard InChI is InChI=1S/C27H41N5O4S2/c1-26(20-28,13-12-22(34)11-6-17-36-18-8-16-33)19-27(2,24(35)31-14-7-15-32-25(29)30)38-23(37)21-9-4-3-5-10-21/h3-5,9-10,33H,6-8,11-19H2,1-2H3,(H,31,35)(H4,29,30,32). The number of aliphatic hydroxyl groups excluding tert-OH is 1. The zero-order valence-corrected chi connectivity index (χ0v) is 24.0. The Morgan fingerprint density at radius 3 is 2.47 bits per heavy atom. The number of benzene rings is 1. The van der Waals surface area contributed by atoms with Gasteiger partial charge >= 0.3 is 0 Å². The van der Waals surface area contributed by atoms with Gasteiger partial charge in [0, 0.05) is 45.8 Å². The van der Waals surface area contributed by atoms with E-state index in [1.54, 1.807) is 13.8 Å². The van der Waals surface area contributed by atoms with Crippen LogP contribution in [0.5, 0.6) is 0 Å². The monoisotopic (exact) mass is 563 g/mol. The predicted octanol–water partition coefficient (Wildman–Crippen LogP) is 3.08. The number of thioether (sulfide) groups is 1. The van der Waals surface area contributed by atoms with E-state index in [0.29, 0.717) is 62.6 Å². The highest BCUT2D eigenvalue weighted by Gasteiger charge is 2.42. The van der Waals surface area contributed by atoms with Gasteiger partial charge in [-0.2, -0.15) is 5.26 Å². The van der Waals surface area contributed by atoms with E-state index in [1.165, 1.54) is 11.8 Å². The van der Waals surface area contributed by atoms with Crippen LogP contribution in [0.4, 0.5) is 0 Å². The first kappa shape index (κ1) is 33.5. The fourth-order valence-corrected chi connectivity index (χ4v) is 5.69. The van der Waals surface area contributed by atoms with E-state index < -0.39 is 10.2 Å². The van der Waals surface area contributed by atoms with Gasteiger partial charge in [-0.05, 0) is 51.5 Å². The third-order valence-corrected chi connectivity index (χ3v) is 7.55. The van der Waals surface area contributed by atoms with Crippen molar-refractivity contribution in [1.29, 1.82) is 5.26 Å². The minimum atomic E-state index is -1.04. The zero-order chi connectivity index (χ0) is 28.4. The average molecular weight is 564 g/mol. The van der Waals surface area contributed by atoms with E-state index in [1.807, 2.05) is 30.3 Å². The largest absolute Gasteiger partial charge is 0.396 e. The summed E-state index contributed by atoms with van der Waals surface area (Å²) in [5, 5.41) is 21.8. The lowest BCUT2D eigenvalue weighted by Crippen LogP contribution is -2.46. The Morgan fingerprint density at radius 1 is 1.16 bits per heavy atom. The highest BCUT2D eigenvalue weighted by molar-refractivity contribution is 8.25. The lowest BCUT2D eigenvalue weighted by atomic mass is 9.77. The molecule has 1 amide bonds. The van der Waals surface area contributed by atoms with Crippen molar-refractivity contribution < 1.29 is 19.4 Å². The number of thiocarbonyl (C=S) groups is 1. The van der Waals surface area contributed by atoms with Crippen LogP contribution in [-0.2, 0) is 14.3 Å². The number of hydrogen-bond acceptors (Lipinski definition) is 8. The van der Waals surface area contributed by atoms with Crippen LogP contribution in [-0.4, -0.2) is 64.6 Å². The van der Waals surface area contributed by atoms with Gasteiger partial charge in [0.1, 0.15) is 5.78 Å². The topological polar surface area (TPSA) is 164 Å². The number of Topliss-reactive ketones (excluding diaryl/α,β-unsaturated/α-hetero) is 1. The first-order valence-electron chi connectivity index (χ1n) is 12.8. The van der Waals surface area contributed by atoms with Crippen molar-refractivity contribution in [3.8, 4) is 6.07 Å². The molecule has 0 saturated carbocycles. The molecule has 9 nitrogen and oxygen atoms in total. The van der Waals surface area contributed by atoms with Gasteiger partial charge in [-0.15, -0.1) is 0 Å². The third kappa shape index (κ3) is 13.3. The Bertz CT molecular complexity index is 966. The maximum atomic E-state index is 13.4. The van der Waals surface area contributed by atoms with Crippen LogP contribution in [0.15, 0.2) is 35.3 Å². The minimum absolute atomic E-state index is 0.00140. The van der Waals surface area contributed by atoms with Crippen LogP contribution in [0.1, 0.15) is 64.4 Å². The van der Waals surface area contributed by atoms with Crippen LogP contribution in [0.25, 0.3) is 0 Å². The summed E-state index contributed by atoms with van der Waals surface area (Å²) in [5.41, 5.74) is 10.6. The fourth-order valence-electron chi connectivity index (χ4n) is 3.79. The highest BCUT2D eigenvalue weighted by atomic mass is 32.2. The number of nitriles is 1. The van der Waals surface area contributed by atoms with Gasteiger partial charge in [0.2, 0.25) is 5.91 Å². The molecule has 0 aliphatic carbocycles. The Balaban J connectivity index is 2.86. The highest BCUT2D eigenvalue weighted by Crippen LogP contribution is 2.42. The molecule has 1 aromatic rings. The zero-order valence-electron chi connectivity index (χ0n) is 22.4. The SMILES string of the molecule is CC(C#N)(CCC(=O)CCCOCCCO)CC(C)(SC(=S)c1ccccc1)C(=O)NCCCN=C(N)N. The molecular weight excluding hydrogens is 522 g/mol. The molecular formula is C27H41N5O4S2. The number of aliphatic imine (C=N–C) groups is 1. The van der Waals surface area contributed by atoms with Crippen molar-refractivity contribution in [1.82, 2.24) is 5.32 Å². The minimum Gasteiger partial charge on any atom is -0.396 e. The van der Waals surface area contributed by atoms with E-state index in [9.17, 15) is 14.9 Å². The quantitative estimate of drug-likeness (QED) is 0.0857. The van der Waals surface area contributed by atoms with Gasteiger partial charge in [-0.25, -0.2) is 0 Å². The fraction of sp³-hybridized carbons (Fsp3) is 0.593. The summed E-state index contributed by atoms with van der Waals surface area (Å²) in [6.07, 6.45) is 2.87. The lowest BCUT2D eigenvalue weighted by molar-refractivity contribution is -0.123. The second-order valence-corrected chi connectivity index (χ2v) is 11.8. The van der Waals surface area contributed by atoms with E-state index in [2.05, 4.69) is 16.4 Å². The molecule has 38 heavy (non-hydrogen) atoms. The molecule has 0 bridgehead atoms. The van der Waals surface area contributed by atoms with E-state index in [4.69, 9.17) is 33.5 Å². The Kier molecular flexibility index (Phi) is 15.8. The predicted molar refractivity (Wildman–Crippen MR) is 157 cm³/mol. The normalized spacial score (nSPS) is 13.9. The number of carbonyl (C=O) groups is 2. The number of nitrogens with zero attached hydrogens (tertiary/aromatic N) is 2. The van der Waals surface area contributed by atoms with Crippen LogP contribution >= 0.6 is 24.0 Å². The Hall–Kier alpha value is -2.52. The number of rotatable bonds is 19. The van der Waals surface area contributed by atoms with Gasteiger partial charge in [-0.1, -0.05) is 54.3 Å². The lowest BCUT2D eigenvalue weighted by Gasteiger charge is -2.34. The van der Waals surface area contributed by atoms with Crippen LogP contribution in [0.3, 0.4) is 0 Å². The van der Waals surface area contributed by atoms with Crippen molar-refractivity contribution in [2.24, 2.45) is 21.9 Å². The molecule has 2 atom stereocenters. The number of carbonyl (C=O) groups excluding carboxylic acids is 2. The summed E-state index contributed by atoms with van der Waals surface area (Å²) in [4.78, 5) is 29.8. The smallest absolute Gasteiger partial charge is 0.236 e. The molecule has 0 aromatic heterocycles. The van der Waals surface area contributed by atoms with Crippen molar-refractivity contribution in [3.63, 3.8) is 0 Å². The van der Waals surface area contributed by atoms with Gasteiger partial charge in [-0.3, -0.25) is 14.6 Å². The maximum absolute atomic E-state index is 13.4. The molecule has 6 N–H and O–H groups in total. The molecule has 1 rings (SSSR count). The molecule has 0 fully saturated rings. The van der Waals surface area contributed by atoms with Gasteiger partial charge in [0.15, 0.2) is 5.96 Å². The number of ether oxygens (including phenoxy) is 1. The van der Waals surface area contributed by atoms with Gasteiger partial charge in [0.25, 0.3) is 0 Å². The van der Waals surface area contributed by atoms with Gasteiger partial charge < -0.3 is 26.6 Å². The summed E-state index contributed by atoms with van der Waals surface area (Å²) in [7, 11) is 0. The summed E-state index contributed by atoms with van der Waals surface area (Å²) < 4.78 is 4.88. The van der Waals surface area contributed by atoms with Crippen molar-refractivity contribution in [2.75, 3.05) is 32.9 Å². The maximum Gasteiger partial charge on any atom is 0.236 e. The van der Waals surface area contributed by atoms with Crippen LogP contribution < -0.4 is 16.8 Å².